The first-order valence-corrected chi connectivity index (χ1v) is 9.72. The summed E-state index contributed by atoms with van der Waals surface area (Å²) in [7, 11) is -3.40. The molecule has 2 aromatic carbocycles. The van der Waals surface area contributed by atoms with Gasteiger partial charge in [0.2, 0.25) is 0 Å². The number of benzene rings is 2. The highest BCUT2D eigenvalue weighted by molar-refractivity contribution is 7.90. The molecule has 2 aromatic rings. The largest absolute Gasteiger partial charge is 0.490 e. The number of hydrogen-bond donors (Lipinski definition) is 1. The van der Waals surface area contributed by atoms with Gasteiger partial charge in [-0.25, -0.2) is 8.42 Å². The summed E-state index contributed by atoms with van der Waals surface area (Å²) in [6.07, 6.45) is 1.08. The van der Waals surface area contributed by atoms with Crippen LogP contribution in [0.25, 0.3) is 0 Å². The predicted octanol–water partition coefficient (Wildman–Crippen LogP) is 3.16. The number of hydrogen-bond acceptors (Lipinski definition) is 5. The van der Waals surface area contributed by atoms with Gasteiger partial charge in [0.15, 0.2) is 27.9 Å². The molecule has 0 aromatic heterocycles. The Kier molecular flexibility index (Phi) is 6.27. The molecule has 25 heavy (non-hydrogen) atoms. The third-order valence-corrected chi connectivity index (χ3v) is 4.59. The second-order valence-corrected chi connectivity index (χ2v) is 7.55. The molecule has 0 saturated carbocycles. The fourth-order valence-corrected chi connectivity index (χ4v) is 2.82. The minimum absolute atomic E-state index is 0.0646. The van der Waals surface area contributed by atoms with Gasteiger partial charge in [0.1, 0.15) is 0 Å². The van der Waals surface area contributed by atoms with E-state index in [1.807, 2.05) is 6.92 Å². The van der Waals surface area contributed by atoms with E-state index in [0.717, 1.165) is 6.26 Å². The van der Waals surface area contributed by atoms with Crippen LogP contribution in [0.4, 0.5) is 5.69 Å². The molecule has 0 saturated heterocycles. The monoisotopic (exact) mass is 383 g/mol. The fraction of sp³-hybridized carbons (Fsp3) is 0.235. The van der Waals surface area contributed by atoms with Gasteiger partial charge in [0.25, 0.3) is 5.91 Å². The van der Waals surface area contributed by atoms with E-state index in [9.17, 15) is 13.2 Å². The molecular formula is C17H18ClNO5S. The Morgan fingerprint density at radius 2 is 1.76 bits per heavy atom. The van der Waals surface area contributed by atoms with Crippen molar-refractivity contribution in [1.82, 2.24) is 0 Å². The fourth-order valence-electron chi connectivity index (χ4n) is 2.00. The second kappa shape index (κ2) is 8.22. The highest BCUT2D eigenvalue weighted by Crippen LogP contribution is 2.27. The van der Waals surface area contributed by atoms with Crippen molar-refractivity contribution in [2.24, 2.45) is 0 Å². The SMILES string of the molecule is CCOc1ccccc1OCC(=O)Nc1cc(S(C)(=O)=O)ccc1Cl. The lowest BCUT2D eigenvalue weighted by atomic mass is 10.3. The number of ether oxygens (including phenoxy) is 2. The number of nitrogens with one attached hydrogen (secondary N) is 1. The maximum Gasteiger partial charge on any atom is 0.262 e. The van der Waals surface area contributed by atoms with Crippen LogP contribution >= 0.6 is 11.6 Å². The van der Waals surface area contributed by atoms with Crippen LogP contribution in [0.3, 0.4) is 0 Å². The van der Waals surface area contributed by atoms with E-state index in [1.54, 1.807) is 24.3 Å². The van der Waals surface area contributed by atoms with Crippen LogP contribution in [-0.2, 0) is 14.6 Å². The Balaban J connectivity index is 2.06. The number of anilines is 1. The van der Waals surface area contributed by atoms with Crippen molar-refractivity contribution in [2.45, 2.75) is 11.8 Å². The van der Waals surface area contributed by atoms with Crippen molar-refractivity contribution in [3.63, 3.8) is 0 Å². The van der Waals surface area contributed by atoms with E-state index in [-0.39, 0.29) is 22.2 Å². The Hall–Kier alpha value is -2.25. The number of carbonyl (C=O) groups is 1. The molecule has 0 aliphatic carbocycles. The number of amides is 1. The van der Waals surface area contributed by atoms with Crippen molar-refractivity contribution in [1.29, 1.82) is 0 Å². The van der Waals surface area contributed by atoms with Crippen LogP contribution in [-0.4, -0.2) is 33.8 Å². The third kappa shape index (κ3) is 5.37. The van der Waals surface area contributed by atoms with Gasteiger partial charge in [0, 0.05) is 6.26 Å². The number of rotatable bonds is 7. The molecule has 134 valence electrons. The Labute approximate surface area is 151 Å². The van der Waals surface area contributed by atoms with Gasteiger partial charge in [0.05, 0.1) is 22.2 Å². The van der Waals surface area contributed by atoms with Crippen LogP contribution in [0.15, 0.2) is 47.4 Å². The first-order valence-electron chi connectivity index (χ1n) is 7.45. The number of carbonyl (C=O) groups excluding carboxylic acids is 1. The molecule has 6 nitrogen and oxygen atoms in total. The topological polar surface area (TPSA) is 81.7 Å². The molecule has 8 heteroatoms. The molecule has 0 aliphatic heterocycles. The average molecular weight is 384 g/mol. The van der Waals surface area contributed by atoms with Crippen LogP contribution in [0.2, 0.25) is 5.02 Å². The first-order chi connectivity index (χ1) is 11.8. The summed E-state index contributed by atoms with van der Waals surface area (Å²) in [6.45, 7) is 2.05. The van der Waals surface area contributed by atoms with E-state index in [2.05, 4.69) is 5.32 Å². The third-order valence-electron chi connectivity index (χ3n) is 3.15. The number of para-hydroxylation sites is 2. The van der Waals surface area contributed by atoms with Crippen molar-refractivity contribution in [3.8, 4) is 11.5 Å². The molecule has 0 aliphatic rings. The van der Waals surface area contributed by atoms with Crippen LogP contribution in [0, 0.1) is 0 Å². The summed E-state index contributed by atoms with van der Waals surface area (Å²) in [6, 6.07) is 11.1. The highest BCUT2D eigenvalue weighted by Gasteiger charge is 2.13. The van der Waals surface area contributed by atoms with E-state index in [0.29, 0.717) is 18.1 Å². The molecule has 2 rings (SSSR count). The highest BCUT2D eigenvalue weighted by atomic mass is 35.5. The minimum Gasteiger partial charge on any atom is -0.490 e. The van der Waals surface area contributed by atoms with Gasteiger partial charge in [-0.1, -0.05) is 23.7 Å². The molecule has 0 fully saturated rings. The van der Waals surface area contributed by atoms with Gasteiger partial charge in [-0.05, 0) is 37.3 Å². The second-order valence-electron chi connectivity index (χ2n) is 5.13. The normalized spacial score (nSPS) is 11.0. The summed E-state index contributed by atoms with van der Waals surface area (Å²) in [4.78, 5) is 12.1. The smallest absolute Gasteiger partial charge is 0.262 e. The zero-order valence-corrected chi connectivity index (χ0v) is 15.4. The number of sulfone groups is 1. The van der Waals surface area contributed by atoms with E-state index in [1.165, 1.54) is 18.2 Å². The van der Waals surface area contributed by atoms with Gasteiger partial charge in [-0.2, -0.15) is 0 Å². The molecule has 1 N–H and O–H groups in total. The Bertz CT molecular complexity index is 867. The van der Waals surface area contributed by atoms with Gasteiger partial charge in [-0.3, -0.25) is 4.79 Å². The first kappa shape index (κ1) is 19.1. The quantitative estimate of drug-likeness (QED) is 0.794. The summed E-state index contributed by atoms with van der Waals surface area (Å²) < 4.78 is 34.1. The molecule has 0 unspecified atom stereocenters. The standard InChI is InChI=1S/C17H18ClNO5S/c1-3-23-15-6-4-5-7-16(15)24-11-17(20)19-14-10-12(25(2,21)22)8-9-13(14)18/h4-10H,3,11H2,1-2H3,(H,19,20). The maximum atomic E-state index is 12.1. The van der Waals surface area contributed by atoms with Gasteiger partial charge >= 0.3 is 0 Å². The van der Waals surface area contributed by atoms with E-state index in [4.69, 9.17) is 21.1 Å². The van der Waals surface area contributed by atoms with Crippen molar-refractivity contribution < 1.29 is 22.7 Å². The zero-order chi connectivity index (χ0) is 18.4. The molecular weight excluding hydrogens is 366 g/mol. The average Bonchev–Trinajstić information content (AvgIpc) is 2.55. The molecule has 1 amide bonds. The number of halogens is 1. The van der Waals surface area contributed by atoms with Crippen molar-refractivity contribution in [3.05, 3.63) is 47.5 Å². The Morgan fingerprint density at radius 3 is 2.36 bits per heavy atom. The molecule has 0 heterocycles. The zero-order valence-electron chi connectivity index (χ0n) is 13.8. The van der Waals surface area contributed by atoms with Crippen LogP contribution < -0.4 is 14.8 Å². The lowest BCUT2D eigenvalue weighted by Crippen LogP contribution is -2.20. The summed E-state index contributed by atoms with van der Waals surface area (Å²) in [5.74, 6) is 0.504. The van der Waals surface area contributed by atoms with E-state index >= 15 is 0 Å². The van der Waals surface area contributed by atoms with Crippen molar-refractivity contribution in [2.75, 3.05) is 24.8 Å². The maximum absolute atomic E-state index is 12.1. The molecule has 0 radical (unpaired) electrons. The Morgan fingerprint density at radius 1 is 1.12 bits per heavy atom. The molecule has 0 atom stereocenters. The van der Waals surface area contributed by atoms with Crippen LogP contribution in [0.1, 0.15) is 6.92 Å². The predicted molar refractivity (Wildman–Crippen MR) is 96.3 cm³/mol. The van der Waals surface area contributed by atoms with Crippen LogP contribution in [0.5, 0.6) is 11.5 Å². The van der Waals surface area contributed by atoms with Crippen molar-refractivity contribution >= 4 is 33.0 Å². The van der Waals surface area contributed by atoms with Gasteiger partial charge in [-0.15, -0.1) is 0 Å². The summed E-state index contributed by atoms with van der Waals surface area (Å²) in [5, 5.41) is 2.78. The summed E-state index contributed by atoms with van der Waals surface area (Å²) >= 11 is 6.00. The van der Waals surface area contributed by atoms with E-state index < -0.39 is 15.7 Å². The van der Waals surface area contributed by atoms with Gasteiger partial charge < -0.3 is 14.8 Å². The molecule has 0 bridgehead atoms. The summed E-state index contributed by atoms with van der Waals surface area (Å²) in [5.41, 5.74) is 0.205. The molecule has 0 spiro atoms. The lowest BCUT2D eigenvalue weighted by Gasteiger charge is -2.12. The minimum atomic E-state index is -3.40. The lowest BCUT2D eigenvalue weighted by molar-refractivity contribution is -0.118.